The van der Waals surface area contributed by atoms with Gasteiger partial charge in [-0.05, 0) is 43.7 Å². The highest BCUT2D eigenvalue weighted by atomic mass is 32.2. The fraction of sp³-hybridized carbons (Fsp3) is 0.400. The minimum Gasteiger partial charge on any atom is -0.444 e. The van der Waals surface area contributed by atoms with E-state index >= 15 is 0 Å². The molecule has 3 heterocycles. The molecule has 0 spiro atoms. The molecule has 8 heteroatoms. The zero-order valence-electron chi connectivity index (χ0n) is 15.9. The first kappa shape index (κ1) is 18.9. The average Bonchev–Trinajstić information content (AvgIpc) is 3.00. The second-order valence-corrected chi connectivity index (χ2v) is 8.86. The Balaban J connectivity index is 1.58. The van der Waals surface area contributed by atoms with E-state index in [1.165, 1.54) is 11.0 Å². The largest absolute Gasteiger partial charge is 0.444 e. The van der Waals surface area contributed by atoms with Crippen LogP contribution in [0, 0.1) is 12.7 Å². The van der Waals surface area contributed by atoms with Crippen LogP contribution in [0.3, 0.4) is 0 Å². The van der Waals surface area contributed by atoms with E-state index in [1.807, 2.05) is 13.0 Å². The Labute approximate surface area is 165 Å². The summed E-state index contributed by atoms with van der Waals surface area (Å²) < 4.78 is 31.5. The molecule has 4 rings (SSSR count). The van der Waals surface area contributed by atoms with Crippen LogP contribution in [0.15, 0.2) is 30.5 Å². The first-order valence-corrected chi connectivity index (χ1v) is 10.8. The summed E-state index contributed by atoms with van der Waals surface area (Å²) in [5.74, 6) is 1.74. The molecule has 0 saturated carbocycles. The molecule has 1 amide bonds. The van der Waals surface area contributed by atoms with Crippen LogP contribution in [-0.2, 0) is 15.5 Å². The van der Waals surface area contributed by atoms with Crippen molar-refractivity contribution >= 4 is 28.4 Å². The van der Waals surface area contributed by atoms with Crippen molar-refractivity contribution in [2.75, 3.05) is 40.9 Å². The SMILES string of the molecule is Cc1cc(-c2ccc(N3CC(C)OC3=O)cc2F)cnc1N1CCS(=O)CC1. The van der Waals surface area contributed by atoms with Crippen LogP contribution in [0.1, 0.15) is 12.5 Å². The Morgan fingerprint density at radius 2 is 2.00 bits per heavy atom. The lowest BCUT2D eigenvalue weighted by Crippen LogP contribution is -2.38. The summed E-state index contributed by atoms with van der Waals surface area (Å²) in [6, 6.07) is 6.66. The maximum atomic E-state index is 14.8. The number of carbonyl (C=O) groups is 1. The van der Waals surface area contributed by atoms with Crippen molar-refractivity contribution in [1.82, 2.24) is 4.98 Å². The number of hydrogen-bond donors (Lipinski definition) is 0. The van der Waals surface area contributed by atoms with Crippen LogP contribution in [0.25, 0.3) is 11.1 Å². The molecule has 1 aromatic heterocycles. The Kier molecular flexibility index (Phi) is 5.05. The van der Waals surface area contributed by atoms with Gasteiger partial charge < -0.3 is 9.64 Å². The van der Waals surface area contributed by atoms with E-state index in [0.717, 1.165) is 11.4 Å². The normalized spacial score (nSPS) is 20.5. The van der Waals surface area contributed by atoms with Gasteiger partial charge in [0.05, 0.1) is 12.2 Å². The van der Waals surface area contributed by atoms with Crippen molar-refractivity contribution in [3.8, 4) is 11.1 Å². The van der Waals surface area contributed by atoms with Crippen LogP contribution in [0.5, 0.6) is 0 Å². The predicted molar refractivity (Wildman–Crippen MR) is 108 cm³/mol. The molecule has 2 aliphatic heterocycles. The smallest absolute Gasteiger partial charge is 0.414 e. The van der Waals surface area contributed by atoms with Gasteiger partial charge in [-0.2, -0.15) is 0 Å². The number of rotatable bonds is 3. The predicted octanol–water partition coefficient (Wildman–Crippen LogP) is 3.11. The third-order valence-electron chi connectivity index (χ3n) is 5.07. The van der Waals surface area contributed by atoms with Crippen molar-refractivity contribution in [3.63, 3.8) is 0 Å². The van der Waals surface area contributed by atoms with E-state index in [4.69, 9.17) is 4.74 Å². The van der Waals surface area contributed by atoms with Crippen molar-refractivity contribution in [3.05, 3.63) is 41.8 Å². The summed E-state index contributed by atoms with van der Waals surface area (Å²) in [6.07, 6.45) is 1.00. The molecular weight excluding hydrogens is 381 g/mol. The third kappa shape index (κ3) is 3.61. The standard InChI is InChI=1S/C20H22FN3O3S/c1-13-9-15(11-22-19(13)23-5-7-28(26)8-6-23)17-4-3-16(10-18(17)21)24-12-14(2)27-20(24)25/h3-4,9-11,14H,5-8,12H2,1-2H3. The van der Waals surface area contributed by atoms with Gasteiger partial charge in [-0.1, -0.05) is 0 Å². The molecule has 148 valence electrons. The second kappa shape index (κ2) is 7.50. The van der Waals surface area contributed by atoms with E-state index in [1.54, 1.807) is 25.3 Å². The maximum Gasteiger partial charge on any atom is 0.414 e. The van der Waals surface area contributed by atoms with E-state index < -0.39 is 22.7 Å². The minimum atomic E-state index is -0.743. The quantitative estimate of drug-likeness (QED) is 0.788. The summed E-state index contributed by atoms with van der Waals surface area (Å²) in [5.41, 5.74) is 2.55. The molecular formula is C20H22FN3O3S. The lowest BCUT2D eigenvalue weighted by Gasteiger charge is -2.28. The summed E-state index contributed by atoms with van der Waals surface area (Å²) in [4.78, 5) is 20.0. The van der Waals surface area contributed by atoms with Gasteiger partial charge in [0.25, 0.3) is 0 Å². The molecule has 1 atom stereocenters. The average molecular weight is 403 g/mol. The number of cyclic esters (lactones) is 1. The van der Waals surface area contributed by atoms with E-state index in [2.05, 4.69) is 9.88 Å². The highest BCUT2D eigenvalue weighted by Gasteiger charge is 2.29. The van der Waals surface area contributed by atoms with Crippen molar-refractivity contribution in [2.45, 2.75) is 20.0 Å². The molecule has 2 saturated heterocycles. The molecule has 1 unspecified atom stereocenters. The fourth-order valence-corrected chi connectivity index (χ4v) is 4.67. The molecule has 2 aliphatic rings. The molecule has 2 aromatic rings. The van der Waals surface area contributed by atoms with Gasteiger partial charge in [-0.3, -0.25) is 9.11 Å². The van der Waals surface area contributed by atoms with Gasteiger partial charge in [0, 0.05) is 52.7 Å². The van der Waals surface area contributed by atoms with E-state index in [-0.39, 0.29) is 6.10 Å². The van der Waals surface area contributed by atoms with Crippen LogP contribution >= 0.6 is 0 Å². The minimum absolute atomic E-state index is 0.207. The highest BCUT2D eigenvalue weighted by molar-refractivity contribution is 7.85. The Morgan fingerprint density at radius 3 is 2.61 bits per heavy atom. The second-order valence-electron chi connectivity index (χ2n) is 7.17. The number of aromatic nitrogens is 1. The molecule has 0 radical (unpaired) electrons. The topological polar surface area (TPSA) is 62.7 Å². The molecule has 0 aliphatic carbocycles. The lowest BCUT2D eigenvalue weighted by atomic mass is 10.0. The Bertz CT molecular complexity index is 942. The number of carbonyl (C=O) groups excluding carboxylic acids is 1. The first-order valence-electron chi connectivity index (χ1n) is 9.27. The highest BCUT2D eigenvalue weighted by Crippen LogP contribution is 2.31. The molecule has 0 bridgehead atoms. The van der Waals surface area contributed by atoms with Crippen LogP contribution in [0.2, 0.25) is 0 Å². The monoisotopic (exact) mass is 403 g/mol. The van der Waals surface area contributed by atoms with Gasteiger partial charge >= 0.3 is 6.09 Å². The summed E-state index contributed by atoms with van der Waals surface area (Å²) in [7, 11) is -0.743. The van der Waals surface area contributed by atoms with E-state index in [9.17, 15) is 13.4 Å². The number of nitrogens with zero attached hydrogens (tertiary/aromatic N) is 3. The molecule has 6 nitrogen and oxygen atoms in total. The molecule has 1 aromatic carbocycles. The Hall–Kier alpha value is -2.48. The van der Waals surface area contributed by atoms with Gasteiger partial charge in [-0.25, -0.2) is 14.2 Å². The first-order chi connectivity index (χ1) is 13.4. The lowest BCUT2D eigenvalue weighted by molar-refractivity contribution is 0.150. The number of ether oxygens (including phenoxy) is 1. The number of anilines is 2. The zero-order chi connectivity index (χ0) is 19.8. The number of aryl methyl sites for hydroxylation is 1. The van der Waals surface area contributed by atoms with E-state index in [0.29, 0.717) is 48.0 Å². The number of hydrogen-bond acceptors (Lipinski definition) is 5. The van der Waals surface area contributed by atoms with Crippen molar-refractivity contribution < 1.29 is 18.1 Å². The van der Waals surface area contributed by atoms with Gasteiger partial charge in [0.15, 0.2) is 0 Å². The Morgan fingerprint density at radius 1 is 1.25 bits per heavy atom. The molecule has 2 fully saturated rings. The van der Waals surface area contributed by atoms with Crippen LogP contribution in [0.4, 0.5) is 20.7 Å². The summed E-state index contributed by atoms with van der Waals surface area (Å²) in [6.45, 7) is 5.60. The summed E-state index contributed by atoms with van der Waals surface area (Å²) >= 11 is 0. The van der Waals surface area contributed by atoms with Crippen molar-refractivity contribution in [2.24, 2.45) is 0 Å². The summed E-state index contributed by atoms with van der Waals surface area (Å²) in [5, 5.41) is 0. The molecule has 28 heavy (non-hydrogen) atoms. The fourth-order valence-electron chi connectivity index (χ4n) is 3.62. The maximum absolute atomic E-state index is 14.8. The van der Waals surface area contributed by atoms with Crippen LogP contribution in [-0.4, -0.2) is 52.5 Å². The zero-order valence-corrected chi connectivity index (χ0v) is 16.7. The molecule has 0 N–H and O–H groups in total. The number of pyridine rings is 1. The number of amides is 1. The van der Waals surface area contributed by atoms with Gasteiger partial charge in [0.2, 0.25) is 0 Å². The van der Waals surface area contributed by atoms with Crippen LogP contribution < -0.4 is 9.80 Å². The number of benzene rings is 1. The number of halogens is 1. The van der Waals surface area contributed by atoms with Gasteiger partial charge in [-0.15, -0.1) is 0 Å². The van der Waals surface area contributed by atoms with Crippen molar-refractivity contribution in [1.29, 1.82) is 0 Å². The third-order valence-corrected chi connectivity index (χ3v) is 6.34. The van der Waals surface area contributed by atoms with Gasteiger partial charge in [0.1, 0.15) is 17.7 Å².